The first-order valence-corrected chi connectivity index (χ1v) is 3.50. The van der Waals surface area contributed by atoms with Crippen LogP contribution >= 0.6 is 15.9 Å². The van der Waals surface area contributed by atoms with Crippen molar-refractivity contribution in [2.75, 3.05) is 0 Å². The molecule has 1 atom stereocenters. The topological polar surface area (TPSA) is 72.6 Å². The van der Waals surface area contributed by atoms with Gasteiger partial charge >= 0.3 is 11.9 Å². The molecule has 1 aliphatic heterocycles. The average molecular weight is 219 g/mol. The van der Waals surface area contributed by atoms with Crippen LogP contribution in [0.2, 0.25) is 0 Å². The van der Waals surface area contributed by atoms with E-state index in [0.717, 1.165) is 0 Å². The molecule has 0 aromatic heterocycles. The fraction of sp³-hybridized carbons (Fsp3) is 0.200. The van der Waals surface area contributed by atoms with E-state index in [1.807, 2.05) is 0 Å². The number of nitro groups is 1. The molecular formula is C5H3BrN2O3. The van der Waals surface area contributed by atoms with Gasteiger partial charge in [-0.2, -0.15) is 4.99 Å². The molecule has 0 aliphatic carbocycles. The van der Waals surface area contributed by atoms with Gasteiger partial charge in [-0.25, -0.2) is 0 Å². The third-order valence-electron chi connectivity index (χ3n) is 1.11. The minimum absolute atomic E-state index is 0.320. The van der Waals surface area contributed by atoms with Gasteiger partial charge < -0.3 is 0 Å². The molecule has 1 unspecified atom stereocenters. The number of nitrogens with zero attached hydrogens (tertiary/aromatic N) is 2. The molecule has 0 spiro atoms. The maximum atomic E-state index is 10.7. The van der Waals surface area contributed by atoms with Crippen LogP contribution in [0, 0.1) is 10.1 Å². The number of rotatable bonds is 1. The van der Waals surface area contributed by atoms with Gasteiger partial charge in [0.2, 0.25) is 0 Å². The molecule has 0 aromatic rings. The number of aliphatic imine (C=N–C) groups is 1. The molecule has 11 heavy (non-hydrogen) atoms. The molecule has 58 valence electrons. The number of hydrogen-bond donors (Lipinski definition) is 0. The fourth-order valence-electron chi connectivity index (χ4n) is 0.622. The van der Waals surface area contributed by atoms with Gasteiger partial charge in [0.05, 0.1) is 0 Å². The van der Waals surface area contributed by atoms with Gasteiger partial charge in [-0.05, 0) is 22.0 Å². The Kier molecular flexibility index (Phi) is 2.13. The second-order valence-electron chi connectivity index (χ2n) is 1.86. The van der Waals surface area contributed by atoms with Crippen LogP contribution in [0.15, 0.2) is 17.1 Å². The highest BCUT2D eigenvalue weighted by atomic mass is 79.9. The van der Waals surface area contributed by atoms with Crippen molar-refractivity contribution in [3.8, 4) is 0 Å². The monoisotopic (exact) mass is 218 g/mol. The first-order chi connectivity index (χ1) is 5.11. The zero-order valence-corrected chi connectivity index (χ0v) is 6.82. The summed E-state index contributed by atoms with van der Waals surface area (Å²) < 4.78 is 0.320. The molecule has 0 N–H and O–H groups in total. The summed E-state index contributed by atoms with van der Waals surface area (Å²) in [5, 5.41) is 10.1. The normalized spacial score (nSPS) is 23.2. The Hall–Kier alpha value is -1.04. The summed E-state index contributed by atoms with van der Waals surface area (Å²) in [7, 11) is 0. The van der Waals surface area contributed by atoms with E-state index in [4.69, 9.17) is 0 Å². The lowest BCUT2D eigenvalue weighted by Gasteiger charge is -2.03. The molecule has 5 nitrogen and oxygen atoms in total. The molecule has 1 amide bonds. The van der Waals surface area contributed by atoms with Crippen molar-refractivity contribution in [1.29, 1.82) is 0 Å². The summed E-state index contributed by atoms with van der Waals surface area (Å²) in [5.74, 6) is -0.746. The third-order valence-corrected chi connectivity index (χ3v) is 1.55. The van der Waals surface area contributed by atoms with Crippen molar-refractivity contribution < 1.29 is 9.72 Å². The quantitative estimate of drug-likeness (QED) is 0.476. The number of allylic oxidation sites excluding steroid dienone is 1. The predicted octanol–water partition coefficient (Wildman–Crippen LogP) is 0.522. The highest BCUT2D eigenvalue weighted by molar-refractivity contribution is 9.18. The van der Waals surface area contributed by atoms with Gasteiger partial charge in [0.25, 0.3) is 0 Å². The van der Waals surface area contributed by atoms with Crippen LogP contribution in [0.3, 0.4) is 0 Å². The van der Waals surface area contributed by atoms with Crippen molar-refractivity contribution >= 4 is 26.5 Å². The maximum Gasteiger partial charge on any atom is 0.325 e. The molecule has 0 saturated carbocycles. The minimum atomic E-state index is -1.31. The van der Waals surface area contributed by atoms with Gasteiger partial charge in [-0.1, -0.05) is 0 Å². The lowest BCUT2D eigenvalue weighted by molar-refractivity contribution is -0.495. The number of halogens is 1. The smallest absolute Gasteiger partial charge is 0.264 e. The summed E-state index contributed by atoms with van der Waals surface area (Å²) in [4.78, 5) is 23.5. The van der Waals surface area contributed by atoms with Gasteiger partial charge in [-0.3, -0.25) is 14.9 Å². The zero-order chi connectivity index (χ0) is 8.43. The molecule has 0 aromatic carbocycles. The Morgan fingerprint density at radius 1 is 1.73 bits per heavy atom. The second-order valence-corrected chi connectivity index (χ2v) is 2.67. The predicted molar refractivity (Wildman–Crippen MR) is 41.3 cm³/mol. The number of amides is 1. The summed E-state index contributed by atoms with van der Waals surface area (Å²) in [6.45, 7) is 0. The van der Waals surface area contributed by atoms with E-state index in [1.165, 1.54) is 12.2 Å². The first kappa shape index (κ1) is 8.06. The lowest BCUT2D eigenvalue weighted by Crippen LogP contribution is -2.28. The molecule has 0 fully saturated rings. The van der Waals surface area contributed by atoms with Crippen LogP contribution in [0.25, 0.3) is 0 Å². The van der Waals surface area contributed by atoms with E-state index in [-0.39, 0.29) is 0 Å². The Labute approximate surface area is 70.1 Å². The van der Waals surface area contributed by atoms with E-state index < -0.39 is 16.9 Å². The Bertz CT molecular complexity index is 271. The van der Waals surface area contributed by atoms with E-state index in [9.17, 15) is 14.9 Å². The number of carbonyl (C=O) groups is 1. The van der Waals surface area contributed by atoms with Gasteiger partial charge in [-0.15, -0.1) is 0 Å². The van der Waals surface area contributed by atoms with Crippen molar-refractivity contribution in [3.63, 3.8) is 0 Å². The highest BCUT2D eigenvalue weighted by Gasteiger charge is 2.28. The summed E-state index contributed by atoms with van der Waals surface area (Å²) in [6.07, 6.45) is 2.58. The van der Waals surface area contributed by atoms with Gasteiger partial charge in [0.1, 0.15) is 4.62 Å². The molecule has 1 aliphatic rings. The van der Waals surface area contributed by atoms with Crippen LogP contribution < -0.4 is 0 Å². The summed E-state index contributed by atoms with van der Waals surface area (Å²) >= 11 is 2.93. The molecule has 1 rings (SSSR count). The minimum Gasteiger partial charge on any atom is -0.264 e. The molecule has 6 heteroatoms. The molecule has 0 radical (unpaired) electrons. The van der Waals surface area contributed by atoms with Crippen molar-refractivity contribution in [1.82, 2.24) is 0 Å². The van der Waals surface area contributed by atoms with Crippen LogP contribution in [0.5, 0.6) is 0 Å². The van der Waals surface area contributed by atoms with Crippen molar-refractivity contribution in [2.24, 2.45) is 4.99 Å². The Balaban J connectivity index is 2.86. The largest absolute Gasteiger partial charge is 0.325 e. The van der Waals surface area contributed by atoms with Crippen LogP contribution in [-0.2, 0) is 4.79 Å². The Morgan fingerprint density at radius 3 is 2.82 bits per heavy atom. The van der Waals surface area contributed by atoms with Crippen LogP contribution in [-0.4, -0.2) is 21.5 Å². The van der Waals surface area contributed by atoms with E-state index >= 15 is 0 Å². The first-order valence-electron chi connectivity index (χ1n) is 2.71. The maximum absolute atomic E-state index is 10.7. The molecule has 0 bridgehead atoms. The van der Waals surface area contributed by atoms with E-state index in [1.54, 1.807) is 0 Å². The second kappa shape index (κ2) is 2.91. The van der Waals surface area contributed by atoms with Crippen LogP contribution in [0.1, 0.15) is 0 Å². The van der Waals surface area contributed by atoms with Crippen LogP contribution in [0.4, 0.5) is 0 Å². The number of dihydropyridines is 1. The average Bonchev–Trinajstić information content (AvgIpc) is 1.85. The van der Waals surface area contributed by atoms with Gasteiger partial charge in [0.15, 0.2) is 0 Å². The van der Waals surface area contributed by atoms with Gasteiger partial charge in [0, 0.05) is 11.0 Å². The lowest BCUT2D eigenvalue weighted by atomic mass is 10.2. The summed E-state index contributed by atoms with van der Waals surface area (Å²) in [5.41, 5.74) is 0. The van der Waals surface area contributed by atoms with Crippen molar-refractivity contribution in [3.05, 3.63) is 22.3 Å². The van der Waals surface area contributed by atoms with Crippen molar-refractivity contribution in [2.45, 2.75) is 6.04 Å². The third kappa shape index (κ3) is 1.70. The van der Waals surface area contributed by atoms with E-state index in [2.05, 4.69) is 20.9 Å². The molecule has 0 saturated heterocycles. The standard InChI is InChI=1S/C5H3BrN2O3/c6-4-2-1-3(8(10)11)5(9)7-4/h1-3H. The van der Waals surface area contributed by atoms with E-state index in [0.29, 0.717) is 4.62 Å². The molecule has 1 heterocycles. The number of hydrogen-bond acceptors (Lipinski definition) is 3. The summed E-state index contributed by atoms with van der Waals surface area (Å²) in [6, 6.07) is -1.31. The fourth-order valence-corrected chi connectivity index (χ4v) is 0.949. The highest BCUT2D eigenvalue weighted by Crippen LogP contribution is 2.06. The Morgan fingerprint density at radius 2 is 2.36 bits per heavy atom. The SMILES string of the molecule is O=C1N=C(Br)C=CC1[N+](=O)[O-]. The molecular weight excluding hydrogens is 216 g/mol. The zero-order valence-electron chi connectivity index (χ0n) is 5.23. The number of carbonyl (C=O) groups excluding carboxylic acids is 1.